The van der Waals surface area contributed by atoms with Crippen LogP contribution >= 0.6 is 0 Å². The van der Waals surface area contributed by atoms with Gasteiger partial charge in [0.1, 0.15) is 11.6 Å². The molecule has 0 atom stereocenters. The van der Waals surface area contributed by atoms with Crippen molar-refractivity contribution in [1.82, 2.24) is 15.1 Å². The monoisotopic (exact) mass is 390 g/mol. The lowest BCUT2D eigenvalue weighted by atomic mass is 10.1. The van der Waals surface area contributed by atoms with E-state index in [0.717, 1.165) is 17.0 Å². The van der Waals surface area contributed by atoms with Crippen molar-refractivity contribution in [3.05, 3.63) is 89.6 Å². The Labute approximate surface area is 167 Å². The predicted molar refractivity (Wildman–Crippen MR) is 107 cm³/mol. The normalized spacial score (nSPS) is 10.8. The number of pyridine rings is 2. The zero-order valence-electron chi connectivity index (χ0n) is 15.6. The van der Waals surface area contributed by atoms with Crippen molar-refractivity contribution in [2.45, 2.75) is 12.8 Å². The number of hydrogen-bond donors (Lipinski definition) is 1. The number of halogens is 1. The van der Waals surface area contributed by atoms with Crippen LogP contribution in [0.25, 0.3) is 11.3 Å². The average molecular weight is 390 g/mol. The Morgan fingerprint density at radius 2 is 1.90 bits per heavy atom. The van der Waals surface area contributed by atoms with E-state index in [1.54, 1.807) is 24.4 Å². The number of anilines is 1. The highest BCUT2D eigenvalue weighted by Gasteiger charge is 2.11. The Kier molecular flexibility index (Phi) is 5.47. The van der Waals surface area contributed by atoms with Gasteiger partial charge in [0.15, 0.2) is 5.76 Å². The van der Waals surface area contributed by atoms with Gasteiger partial charge >= 0.3 is 0 Å². The van der Waals surface area contributed by atoms with Crippen LogP contribution in [0.1, 0.15) is 17.0 Å². The van der Waals surface area contributed by atoms with Crippen LogP contribution in [0.5, 0.6) is 5.88 Å². The molecular formula is C22H19FN4O2. The van der Waals surface area contributed by atoms with Gasteiger partial charge in [-0.2, -0.15) is 0 Å². The third kappa shape index (κ3) is 4.76. The molecule has 29 heavy (non-hydrogen) atoms. The van der Waals surface area contributed by atoms with Crippen LogP contribution in [0, 0.1) is 5.82 Å². The highest BCUT2D eigenvalue weighted by atomic mass is 19.1. The van der Waals surface area contributed by atoms with Crippen molar-refractivity contribution in [1.29, 1.82) is 0 Å². The second kappa shape index (κ2) is 8.52. The Morgan fingerprint density at radius 1 is 1.00 bits per heavy atom. The molecular weight excluding hydrogens is 371 g/mol. The molecule has 0 fully saturated rings. The Morgan fingerprint density at radius 3 is 2.76 bits per heavy atom. The molecule has 4 aromatic rings. The fourth-order valence-corrected chi connectivity index (χ4v) is 2.94. The summed E-state index contributed by atoms with van der Waals surface area (Å²) in [6.45, 7) is 0.411. The van der Waals surface area contributed by atoms with Gasteiger partial charge in [0.05, 0.1) is 23.6 Å². The van der Waals surface area contributed by atoms with E-state index >= 15 is 0 Å². The van der Waals surface area contributed by atoms with E-state index in [1.165, 1.54) is 12.1 Å². The van der Waals surface area contributed by atoms with Crippen LogP contribution in [0.3, 0.4) is 0 Å². The summed E-state index contributed by atoms with van der Waals surface area (Å²) in [5.41, 5.74) is 8.99. The van der Waals surface area contributed by atoms with Crippen LogP contribution in [0.4, 0.5) is 10.2 Å². The highest BCUT2D eigenvalue weighted by molar-refractivity contribution is 5.69. The quantitative estimate of drug-likeness (QED) is 0.512. The fraction of sp³-hybridized carbons (Fsp3) is 0.136. The molecule has 0 unspecified atom stereocenters. The third-order valence-corrected chi connectivity index (χ3v) is 4.34. The first-order valence-electron chi connectivity index (χ1n) is 9.17. The first-order valence-corrected chi connectivity index (χ1v) is 9.17. The molecule has 2 N–H and O–H groups in total. The smallest absolute Gasteiger partial charge is 0.213 e. The number of ether oxygens (including phenoxy) is 1. The fourth-order valence-electron chi connectivity index (χ4n) is 2.94. The molecule has 1 aromatic carbocycles. The molecule has 146 valence electrons. The summed E-state index contributed by atoms with van der Waals surface area (Å²) in [6.07, 6.45) is 2.72. The Hall–Kier alpha value is -3.74. The molecule has 7 heteroatoms. The first-order chi connectivity index (χ1) is 14.2. The maximum absolute atomic E-state index is 13.2. The van der Waals surface area contributed by atoms with Crippen molar-refractivity contribution in [3.63, 3.8) is 0 Å². The maximum Gasteiger partial charge on any atom is 0.213 e. The minimum absolute atomic E-state index is 0.248. The van der Waals surface area contributed by atoms with E-state index in [2.05, 4.69) is 15.1 Å². The summed E-state index contributed by atoms with van der Waals surface area (Å²) in [6, 6.07) is 17.5. The zero-order valence-corrected chi connectivity index (χ0v) is 15.6. The van der Waals surface area contributed by atoms with E-state index in [-0.39, 0.29) is 5.82 Å². The summed E-state index contributed by atoms with van der Waals surface area (Å²) < 4.78 is 24.3. The standard InChI is InChI=1S/C22H19FN4O2/c23-16-5-1-4-15(12-16)9-11-28-21-8-2-6-17(26-21)13-18-14-20(29-27-18)19-7-3-10-25-22(19)24/h1-8,10,12,14H,9,11,13H2,(H2,24,25). The third-order valence-electron chi connectivity index (χ3n) is 4.34. The van der Waals surface area contributed by atoms with E-state index in [1.807, 2.05) is 30.3 Å². The molecule has 4 rings (SSSR count). The van der Waals surface area contributed by atoms with Crippen LogP contribution < -0.4 is 10.5 Å². The van der Waals surface area contributed by atoms with E-state index in [9.17, 15) is 4.39 Å². The highest BCUT2D eigenvalue weighted by Crippen LogP contribution is 2.25. The molecule has 0 aliphatic rings. The van der Waals surface area contributed by atoms with Crippen LogP contribution in [0.2, 0.25) is 0 Å². The van der Waals surface area contributed by atoms with Gasteiger partial charge in [-0.05, 0) is 35.9 Å². The number of nitrogen functional groups attached to an aromatic ring is 1. The predicted octanol–water partition coefficient (Wildman–Crippen LogP) is 4.07. The van der Waals surface area contributed by atoms with Gasteiger partial charge in [-0.15, -0.1) is 0 Å². The molecule has 0 saturated heterocycles. The van der Waals surface area contributed by atoms with Gasteiger partial charge in [-0.3, -0.25) is 0 Å². The Balaban J connectivity index is 1.38. The summed E-state index contributed by atoms with van der Waals surface area (Å²) in [7, 11) is 0. The second-order valence-corrected chi connectivity index (χ2v) is 6.49. The summed E-state index contributed by atoms with van der Waals surface area (Å²) >= 11 is 0. The van der Waals surface area contributed by atoms with Crippen molar-refractivity contribution in [3.8, 4) is 17.2 Å². The molecule has 0 radical (unpaired) electrons. The molecule has 0 spiro atoms. The van der Waals surface area contributed by atoms with Gasteiger partial charge in [0.2, 0.25) is 5.88 Å². The lowest BCUT2D eigenvalue weighted by Gasteiger charge is -2.07. The minimum atomic E-state index is -0.248. The van der Waals surface area contributed by atoms with Crippen LogP contribution in [0.15, 0.2) is 71.4 Å². The molecule has 0 bridgehead atoms. The largest absolute Gasteiger partial charge is 0.477 e. The van der Waals surface area contributed by atoms with E-state index in [4.69, 9.17) is 15.0 Å². The van der Waals surface area contributed by atoms with Gasteiger partial charge in [0, 0.05) is 31.2 Å². The Bertz CT molecular complexity index is 1110. The zero-order chi connectivity index (χ0) is 20.1. The lowest BCUT2D eigenvalue weighted by molar-refractivity contribution is 0.308. The summed E-state index contributed by atoms with van der Waals surface area (Å²) in [5, 5.41) is 4.09. The lowest BCUT2D eigenvalue weighted by Crippen LogP contribution is -2.04. The van der Waals surface area contributed by atoms with Crippen molar-refractivity contribution in [2.75, 3.05) is 12.3 Å². The molecule has 0 aliphatic heterocycles. The summed E-state index contributed by atoms with van der Waals surface area (Å²) in [4.78, 5) is 8.56. The van der Waals surface area contributed by atoms with Crippen LogP contribution in [-0.4, -0.2) is 21.7 Å². The van der Waals surface area contributed by atoms with Crippen molar-refractivity contribution < 1.29 is 13.7 Å². The van der Waals surface area contributed by atoms with E-state index < -0.39 is 0 Å². The molecule has 3 heterocycles. The number of aromatic nitrogens is 3. The minimum Gasteiger partial charge on any atom is -0.477 e. The molecule has 3 aromatic heterocycles. The summed E-state index contributed by atoms with van der Waals surface area (Å²) in [5.74, 6) is 1.22. The molecule has 6 nitrogen and oxygen atoms in total. The first kappa shape index (κ1) is 18.6. The number of nitrogens with zero attached hydrogens (tertiary/aromatic N) is 3. The molecule has 0 amide bonds. The number of rotatable bonds is 7. The number of nitrogens with two attached hydrogens (primary N) is 1. The topological polar surface area (TPSA) is 87.1 Å². The van der Waals surface area contributed by atoms with Gasteiger partial charge < -0.3 is 15.0 Å². The number of benzene rings is 1. The van der Waals surface area contributed by atoms with E-state index in [0.29, 0.717) is 42.5 Å². The molecule has 0 aliphatic carbocycles. The van der Waals surface area contributed by atoms with Gasteiger partial charge in [-0.1, -0.05) is 23.4 Å². The van der Waals surface area contributed by atoms with Crippen molar-refractivity contribution >= 4 is 5.82 Å². The van der Waals surface area contributed by atoms with Gasteiger partial charge in [-0.25, -0.2) is 14.4 Å². The second-order valence-electron chi connectivity index (χ2n) is 6.49. The SMILES string of the molecule is Nc1ncccc1-c1cc(Cc2cccc(OCCc3cccc(F)c3)n2)no1. The average Bonchev–Trinajstić information content (AvgIpc) is 3.17. The van der Waals surface area contributed by atoms with Crippen LogP contribution in [-0.2, 0) is 12.8 Å². The van der Waals surface area contributed by atoms with Crippen molar-refractivity contribution in [2.24, 2.45) is 0 Å². The molecule has 0 saturated carbocycles. The maximum atomic E-state index is 13.2. The van der Waals surface area contributed by atoms with Gasteiger partial charge in [0.25, 0.3) is 0 Å². The number of hydrogen-bond acceptors (Lipinski definition) is 6.